The molecule has 0 heterocycles. The molecule has 0 saturated carbocycles. The first-order valence-electron chi connectivity index (χ1n) is 5.16. The van der Waals surface area contributed by atoms with Gasteiger partial charge in [0.1, 0.15) is 5.54 Å². The van der Waals surface area contributed by atoms with Gasteiger partial charge in [0.2, 0.25) is 0 Å². The lowest BCUT2D eigenvalue weighted by atomic mass is 10.00. The van der Waals surface area contributed by atoms with Gasteiger partial charge >= 0.3 is 12.0 Å². The van der Waals surface area contributed by atoms with E-state index in [9.17, 15) is 9.59 Å². The molecule has 0 rings (SSSR count). The van der Waals surface area contributed by atoms with Crippen molar-refractivity contribution in [3.05, 3.63) is 0 Å². The number of carboxylic acid groups (broad SMARTS) is 1. The molecule has 0 aliphatic heterocycles. The summed E-state index contributed by atoms with van der Waals surface area (Å²) in [5, 5.41) is 14.0. The first-order valence-corrected chi connectivity index (χ1v) is 5.16. The van der Waals surface area contributed by atoms with Crippen molar-refractivity contribution in [2.75, 3.05) is 13.7 Å². The van der Waals surface area contributed by atoms with Gasteiger partial charge in [0.05, 0.1) is 12.6 Å². The third-order valence-corrected chi connectivity index (χ3v) is 2.36. The van der Waals surface area contributed by atoms with Gasteiger partial charge < -0.3 is 20.5 Å². The highest BCUT2D eigenvalue weighted by atomic mass is 16.5. The number of aliphatic carboxylic acids is 1. The topological polar surface area (TPSA) is 87.7 Å². The Labute approximate surface area is 95.4 Å². The molecule has 94 valence electrons. The van der Waals surface area contributed by atoms with E-state index in [1.807, 2.05) is 0 Å². The van der Waals surface area contributed by atoms with Crippen molar-refractivity contribution < 1.29 is 19.4 Å². The van der Waals surface area contributed by atoms with E-state index in [0.717, 1.165) is 0 Å². The summed E-state index contributed by atoms with van der Waals surface area (Å²) in [7, 11) is 1.53. The van der Waals surface area contributed by atoms with E-state index in [0.29, 0.717) is 13.0 Å². The van der Waals surface area contributed by atoms with Crippen LogP contribution in [0, 0.1) is 0 Å². The van der Waals surface area contributed by atoms with Crippen LogP contribution in [0.5, 0.6) is 0 Å². The molecule has 3 N–H and O–H groups in total. The van der Waals surface area contributed by atoms with E-state index in [2.05, 4.69) is 10.6 Å². The highest BCUT2D eigenvalue weighted by molar-refractivity contribution is 5.85. The van der Waals surface area contributed by atoms with E-state index >= 15 is 0 Å². The first kappa shape index (κ1) is 14.7. The maximum atomic E-state index is 11.5. The second-order valence-corrected chi connectivity index (χ2v) is 3.95. The van der Waals surface area contributed by atoms with E-state index in [1.165, 1.54) is 14.0 Å². The molecule has 2 amide bonds. The molecule has 2 unspecified atom stereocenters. The molecule has 0 saturated heterocycles. The van der Waals surface area contributed by atoms with E-state index < -0.39 is 17.5 Å². The number of carbonyl (C=O) groups excluding carboxylic acids is 1. The predicted octanol–water partition coefficient (Wildman–Crippen LogP) is 0.574. The fourth-order valence-electron chi connectivity index (χ4n) is 1.10. The first-order chi connectivity index (χ1) is 7.35. The summed E-state index contributed by atoms with van der Waals surface area (Å²) in [6, 6.07) is -0.670. The minimum absolute atomic E-state index is 0.167. The highest BCUT2D eigenvalue weighted by Crippen LogP contribution is 2.08. The minimum atomic E-state index is -1.24. The fraction of sp³-hybridized carbons (Fsp3) is 0.800. The number of methoxy groups -OCH3 is 1. The van der Waals surface area contributed by atoms with E-state index in [-0.39, 0.29) is 6.04 Å². The lowest BCUT2D eigenvalue weighted by Gasteiger charge is -2.25. The lowest BCUT2D eigenvalue weighted by molar-refractivity contribution is -0.143. The fourth-order valence-corrected chi connectivity index (χ4v) is 1.10. The molecule has 0 aromatic carbocycles. The summed E-state index contributed by atoms with van der Waals surface area (Å²) in [6.07, 6.45) is 0.314. The molecular formula is C10H20N2O4. The quantitative estimate of drug-likeness (QED) is 0.625. The van der Waals surface area contributed by atoms with Crippen molar-refractivity contribution in [3.8, 4) is 0 Å². The summed E-state index contributed by atoms with van der Waals surface area (Å²) < 4.78 is 4.85. The summed E-state index contributed by atoms with van der Waals surface area (Å²) in [4.78, 5) is 22.4. The monoisotopic (exact) mass is 232 g/mol. The smallest absolute Gasteiger partial charge is 0.329 e. The van der Waals surface area contributed by atoms with Crippen LogP contribution in [0.3, 0.4) is 0 Å². The van der Waals surface area contributed by atoms with Crippen LogP contribution in [-0.2, 0) is 9.53 Å². The number of nitrogens with one attached hydrogen (secondary N) is 2. The van der Waals surface area contributed by atoms with Gasteiger partial charge in [-0.25, -0.2) is 9.59 Å². The van der Waals surface area contributed by atoms with Crippen LogP contribution in [0.1, 0.15) is 27.2 Å². The average Bonchev–Trinajstić information content (AvgIpc) is 2.17. The number of ether oxygens (including phenoxy) is 1. The largest absolute Gasteiger partial charge is 0.480 e. The van der Waals surface area contributed by atoms with Crippen LogP contribution < -0.4 is 10.6 Å². The Morgan fingerprint density at radius 1 is 1.50 bits per heavy atom. The molecule has 0 aliphatic rings. The van der Waals surface area contributed by atoms with Crippen molar-refractivity contribution in [2.24, 2.45) is 0 Å². The Bertz CT molecular complexity index is 257. The zero-order chi connectivity index (χ0) is 12.8. The summed E-state index contributed by atoms with van der Waals surface area (Å²) >= 11 is 0. The number of urea groups is 1. The van der Waals surface area contributed by atoms with Crippen LogP contribution in [0.15, 0.2) is 0 Å². The van der Waals surface area contributed by atoms with Gasteiger partial charge in [0.15, 0.2) is 0 Å². The zero-order valence-electron chi connectivity index (χ0n) is 10.2. The molecule has 6 heteroatoms. The summed E-state index contributed by atoms with van der Waals surface area (Å²) in [5.41, 5.74) is -1.24. The average molecular weight is 232 g/mol. The predicted molar refractivity (Wildman–Crippen MR) is 59.3 cm³/mol. The van der Waals surface area contributed by atoms with Crippen LogP contribution in [0.25, 0.3) is 0 Å². The Hall–Kier alpha value is -1.30. The third kappa shape index (κ3) is 4.48. The molecule has 0 radical (unpaired) electrons. The van der Waals surface area contributed by atoms with Gasteiger partial charge in [0.25, 0.3) is 0 Å². The molecule has 0 bridgehead atoms. The molecule has 2 atom stereocenters. The summed E-state index contributed by atoms with van der Waals surface area (Å²) in [5.74, 6) is -1.05. The standard InChI is InChI=1S/C10H20N2O4/c1-5-10(3,8(13)14)12-9(15)11-7(2)6-16-4/h7H,5-6H2,1-4H3,(H,13,14)(H2,11,12,15). The van der Waals surface area contributed by atoms with Crippen LogP contribution in [-0.4, -0.2) is 42.4 Å². The zero-order valence-corrected chi connectivity index (χ0v) is 10.2. The Morgan fingerprint density at radius 2 is 2.06 bits per heavy atom. The molecule has 0 aromatic heterocycles. The minimum Gasteiger partial charge on any atom is -0.480 e. The molecule has 0 aromatic rings. The van der Waals surface area contributed by atoms with Gasteiger partial charge in [-0.2, -0.15) is 0 Å². The maximum absolute atomic E-state index is 11.5. The molecular weight excluding hydrogens is 212 g/mol. The number of carboxylic acids is 1. The van der Waals surface area contributed by atoms with Crippen LogP contribution in [0.2, 0.25) is 0 Å². The van der Waals surface area contributed by atoms with Gasteiger partial charge in [-0.05, 0) is 20.3 Å². The van der Waals surface area contributed by atoms with Gasteiger partial charge in [-0.1, -0.05) is 6.92 Å². The van der Waals surface area contributed by atoms with Crippen molar-refractivity contribution in [3.63, 3.8) is 0 Å². The molecule has 6 nitrogen and oxygen atoms in total. The second-order valence-electron chi connectivity index (χ2n) is 3.95. The number of hydrogen-bond donors (Lipinski definition) is 3. The van der Waals surface area contributed by atoms with Crippen molar-refractivity contribution >= 4 is 12.0 Å². The Balaban J connectivity index is 4.27. The molecule has 0 spiro atoms. The Kier molecular flexibility index (Phi) is 5.81. The number of carbonyl (C=O) groups is 2. The third-order valence-electron chi connectivity index (χ3n) is 2.36. The lowest BCUT2D eigenvalue weighted by Crippen LogP contribution is -2.56. The molecule has 0 fully saturated rings. The SMILES string of the molecule is CCC(C)(NC(=O)NC(C)COC)C(=O)O. The van der Waals surface area contributed by atoms with Crippen molar-refractivity contribution in [1.82, 2.24) is 10.6 Å². The summed E-state index contributed by atoms with van der Waals surface area (Å²) in [6.45, 7) is 5.32. The number of rotatable bonds is 6. The van der Waals surface area contributed by atoms with E-state index in [4.69, 9.17) is 9.84 Å². The van der Waals surface area contributed by atoms with Crippen molar-refractivity contribution in [2.45, 2.75) is 38.8 Å². The van der Waals surface area contributed by atoms with Gasteiger partial charge in [-0.3, -0.25) is 0 Å². The van der Waals surface area contributed by atoms with Crippen molar-refractivity contribution in [1.29, 1.82) is 0 Å². The normalized spacial score (nSPS) is 16.0. The number of hydrogen-bond acceptors (Lipinski definition) is 3. The molecule has 16 heavy (non-hydrogen) atoms. The molecule has 0 aliphatic carbocycles. The van der Waals surface area contributed by atoms with Gasteiger partial charge in [0, 0.05) is 7.11 Å². The van der Waals surface area contributed by atoms with Crippen LogP contribution >= 0.6 is 0 Å². The Morgan fingerprint density at radius 3 is 2.44 bits per heavy atom. The van der Waals surface area contributed by atoms with Gasteiger partial charge in [-0.15, -0.1) is 0 Å². The highest BCUT2D eigenvalue weighted by Gasteiger charge is 2.32. The maximum Gasteiger partial charge on any atom is 0.329 e. The van der Waals surface area contributed by atoms with E-state index in [1.54, 1.807) is 13.8 Å². The second kappa shape index (κ2) is 6.32. The van der Waals surface area contributed by atoms with Crippen LogP contribution in [0.4, 0.5) is 4.79 Å². The number of amides is 2.